The number of aliphatic hydroxyl groups is 1. The first-order valence-electron chi connectivity index (χ1n) is 23.6. The van der Waals surface area contributed by atoms with Crippen LogP contribution in [-0.2, 0) is 53.1 Å². The Bertz CT molecular complexity index is 2610. The molecular formula is C54H57N3O13. The van der Waals surface area contributed by atoms with E-state index in [9.17, 15) is 19.5 Å². The monoisotopic (exact) mass is 955 g/mol. The number of amides is 3. The molecule has 4 heterocycles. The van der Waals surface area contributed by atoms with Crippen LogP contribution in [0.1, 0.15) is 84.5 Å². The van der Waals surface area contributed by atoms with E-state index >= 15 is 14.4 Å². The van der Waals surface area contributed by atoms with Crippen molar-refractivity contribution in [3.63, 3.8) is 0 Å². The fraction of sp³-hybridized carbons (Fsp3) is 0.407. The molecule has 16 heteroatoms. The van der Waals surface area contributed by atoms with Crippen LogP contribution in [0.3, 0.4) is 0 Å². The van der Waals surface area contributed by atoms with E-state index in [4.69, 9.17) is 28.4 Å². The zero-order valence-corrected chi connectivity index (χ0v) is 39.5. The van der Waals surface area contributed by atoms with E-state index in [0.717, 1.165) is 43.9 Å². The van der Waals surface area contributed by atoms with Crippen LogP contribution in [-0.4, -0.2) is 118 Å². The maximum Gasteiger partial charge on any atom is 0.421 e. The summed E-state index contributed by atoms with van der Waals surface area (Å²) < 4.78 is 33.2. The van der Waals surface area contributed by atoms with Gasteiger partial charge in [-0.1, -0.05) is 104 Å². The third-order valence-electron chi connectivity index (χ3n) is 13.6. The molecule has 8 rings (SSSR count). The van der Waals surface area contributed by atoms with Gasteiger partial charge in [0.1, 0.15) is 36.5 Å². The van der Waals surface area contributed by atoms with Crippen LogP contribution >= 0.6 is 0 Å². The van der Waals surface area contributed by atoms with Crippen molar-refractivity contribution in [2.75, 3.05) is 65.7 Å². The number of esters is 3. The third-order valence-corrected chi connectivity index (χ3v) is 13.6. The maximum absolute atomic E-state index is 16.5. The minimum Gasteiger partial charge on any atom is -0.491 e. The summed E-state index contributed by atoms with van der Waals surface area (Å²) in [6.07, 6.45) is 1.91. The summed E-state index contributed by atoms with van der Waals surface area (Å²) in [5.74, 6) is -0.241. The van der Waals surface area contributed by atoms with Crippen LogP contribution in [0, 0.1) is 23.7 Å². The summed E-state index contributed by atoms with van der Waals surface area (Å²) in [4.78, 5) is 92.7. The SMILES string of the molecule is COCCOC(=O)N1C(=O)C2(c3cc(C#CCC(C(=O)OC)C(=O)OC)ccc31)C(C(=O)N1CCCCCCC1)C1C(=O)OC(c3ccccc3)C(c3ccccc3)N1C2c1cccc(OCCO)c1. The average Bonchev–Trinajstić information content (AvgIpc) is 3.83. The smallest absolute Gasteiger partial charge is 0.421 e. The first kappa shape index (κ1) is 49.4. The second-order valence-corrected chi connectivity index (χ2v) is 17.6. The van der Waals surface area contributed by atoms with Crippen molar-refractivity contribution in [3.8, 4) is 17.6 Å². The van der Waals surface area contributed by atoms with Crippen molar-refractivity contribution in [3.05, 3.63) is 131 Å². The predicted molar refractivity (Wildman–Crippen MR) is 253 cm³/mol. The van der Waals surface area contributed by atoms with E-state index < -0.39 is 77.3 Å². The minimum absolute atomic E-state index is 0.0269. The molecule has 70 heavy (non-hydrogen) atoms. The summed E-state index contributed by atoms with van der Waals surface area (Å²) >= 11 is 0. The van der Waals surface area contributed by atoms with Gasteiger partial charge in [-0.15, -0.1) is 0 Å². The molecule has 4 aromatic rings. The van der Waals surface area contributed by atoms with Crippen LogP contribution in [0.25, 0.3) is 0 Å². The number of carbonyl (C=O) groups is 6. The van der Waals surface area contributed by atoms with Gasteiger partial charge in [0.25, 0.3) is 0 Å². The van der Waals surface area contributed by atoms with Gasteiger partial charge in [0.05, 0.1) is 51.1 Å². The van der Waals surface area contributed by atoms with Gasteiger partial charge in [0.2, 0.25) is 11.8 Å². The van der Waals surface area contributed by atoms with Crippen molar-refractivity contribution in [1.82, 2.24) is 9.80 Å². The molecule has 3 saturated heterocycles. The number of benzene rings is 4. The number of morpholine rings is 1. The molecule has 0 radical (unpaired) electrons. The Labute approximate surface area is 406 Å². The first-order chi connectivity index (χ1) is 34.1. The van der Waals surface area contributed by atoms with Gasteiger partial charge in [0, 0.05) is 32.2 Å². The van der Waals surface area contributed by atoms with Crippen molar-refractivity contribution in [1.29, 1.82) is 0 Å². The van der Waals surface area contributed by atoms with Gasteiger partial charge in [-0.2, -0.15) is 0 Å². The van der Waals surface area contributed by atoms with Crippen molar-refractivity contribution in [2.24, 2.45) is 11.8 Å². The number of carbonyl (C=O) groups excluding carboxylic acids is 6. The molecule has 0 saturated carbocycles. The molecule has 0 aliphatic carbocycles. The molecule has 3 amide bonds. The Morgan fingerprint density at radius 3 is 2.07 bits per heavy atom. The van der Waals surface area contributed by atoms with Crippen LogP contribution < -0.4 is 9.64 Å². The number of likely N-dealkylation sites (tertiary alicyclic amines) is 1. The van der Waals surface area contributed by atoms with Gasteiger partial charge in [-0.25, -0.2) is 9.69 Å². The molecule has 6 unspecified atom stereocenters. The lowest BCUT2D eigenvalue weighted by Gasteiger charge is -2.46. The number of imide groups is 1. The van der Waals surface area contributed by atoms with Crippen LogP contribution in [0.4, 0.5) is 10.5 Å². The van der Waals surface area contributed by atoms with Crippen LogP contribution in [0.15, 0.2) is 103 Å². The number of aliphatic hydroxyl groups excluding tert-OH is 1. The van der Waals surface area contributed by atoms with E-state index in [2.05, 4.69) is 11.8 Å². The molecule has 16 nitrogen and oxygen atoms in total. The molecule has 6 atom stereocenters. The number of rotatable bonds is 13. The van der Waals surface area contributed by atoms with Crippen LogP contribution in [0.2, 0.25) is 0 Å². The van der Waals surface area contributed by atoms with E-state index in [1.54, 1.807) is 47.4 Å². The molecule has 0 aromatic heterocycles. The Balaban J connectivity index is 1.45. The van der Waals surface area contributed by atoms with Gasteiger partial charge in [0.15, 0.2) is 5.92 Å². The second-order valence-electron chi connectivity index (χ2n) is 17.6. The highest BCUT2D eigenvalue weighted by atomic mass is 16.6. The minimum atomic E-state index is -2.09. The fourth-order valence-electron chi connectivity index (χ4n) is 10.6. The Hall–Kier alpha value is -7.06. The van der Waals surface area contributed by atoms with E-state index in [1.807, 2.05) is 65.6 Å². The molecule has 4 aromatic carbocycles. The molecule has 366 valence electrons. The summed E-state index contributed by atoms with van der Waals surface area (Å²) in [7, 11) is 3.75. The largest absolute Gasteiger partial charge is 0.491 e. The molecule has 4 aliphatic rings. The maximum atomic E-state index is 16.5. The number of anilines is 1. The summed E-state index contributed by atoms with van der Waals surface area (Å²) in [6, 6.07) is 27.1. The van der Waals surface area contributed by atoms with Gasteiger partial charge >= 0.3 is 24.0 Å². The summed E-state index contributed by atoms with van der Waals surface area (Å²) in [5, 5.41) is 9.83. The number of cyclic esters (lactones) is 1. The number of hydrogen-bond donors (Lipinski definition) is 1. The quantitative estimate of drug-likeness (QED) is 0.0540. The molecule has 1 spiro atoms. The van der Waals surface area contributed by atoms with Crippen molar-refractivity contribution >= 4 is 41.5 Å². The molecule has 1 N–H and O–H groups in total. The second kappa shape index (κ2) is 22.1. The first-order valence-corrected chi connectivity index (χ1v) is 23.6. The Kier molecular flexibility index (Phi) is 15.6. The van der Waals surface area contributed by atoms with Crippen molar-refractivity contribution < 1.29 is 62.3 Å². The van der Waals surface area contributed by atoms with E-state index in [1.165, 1.54) is 7.11 Å². The Morgan fingerprint density at radius 2 is 1.41 bits per heavy atom. The highest BCUT2D eigenvalue weighted by Gasteiger charge is 2.76. The van der Waals surface area contributed by atoms with E-state index in [0.29, 0.717) is 48.4 Å². The molecule has 0 bridgehead atoms. The average molecular weight is 956 g/mol. The fourth-order valence-corrected chi connectivity index (χ4v) is 10.6. The highest BCUT2D eigenvalue weighted by molar-refractivity contribution is 6.23. The Morgan fingerprint density at radius 1 is 0.757 bits per heavy atom. The molecular weight excluding hydrogens is 899 g/mol. The third kappa shape index (κ3) is 9.36. The topological polar surface area (TPSA) is 188 Å². The number of hydrogen-bond acceptors (Lipinski definition) is 14. The summed E-state index contributed by atoms with van der Waals surface area (Å²) in [6.45, 7) is 0.233. The van der Waals surface area contributed by atoms with Gasteiger partial charge in [-0.3, -0.25) is 28.9 Å². The number of ether oxygens (including phenoxy) is 6. The van der Waals surface area contributed by atoms with Crippen LogP contribution in [0.5, 0.6) is 5.75 Å². The highest BCUT2D eigenvalue weighted by Crippen LogP contribution is 2.66. The normalized spacial score (nSPS) is 23.0. The predicted octanol–water partition coefficient (Wildman–Crippen LogP) is 6.00. The van der Waals surface area contributed by atoms with Gasteiger partial charge < -0.3 is 38.4 Å². The van der Waals surface area contributed by atoms with E-state index in [-0.39, 0.29) is 44.1 Å². The number of methoxy groups -OCH3 is 3. The molecule has 3 fully saturated rings. The number of nitrogens with zero attached hydrogens (tertiary/aromatic N) is 3. The lowest BCUT2D eigenvalue weighted by molar-refractivity contribution is -0.179. The lowest BCUT2D eigenvalue weighted by Crippen LogP contribution is -2.56. The molecule has 4 aliphatic heterocycles. The number of fused-ring (bicyclic) bond motifs is 3. The zero-order chi connectivity index (χ0) is 49.4. The summed E-state index contributed by atoms with van der Waals surface area (Å²) in [5.41, 5.74) is 0.402. The standard InChI is InChI=1S/C54H57N3O13/c1-65-31-32-69-53(64)56-42-26-25-35(17-15-24-40(49(60)66-2)50(61)67-3)33-41(42)54(52(56)63)43(48(59)55-27-13-5-4-6-14-28-55)45-51(62)70-46(37-20-11-8-12-21-37)44(36-18-9-7-10-19-36)57(45)47(54)38-22-16-23-39(34-38)68-30-29-58/h7-12,16,18-23,25-26,33-34,40,43-47,58H,4-6,13-14,24,27-32H2,1-3H3. The van der Waals surface area contributed by atoms with Crippen molar-refractivity contribution in [2.45, 2.75) is 68.2 Å². The van der Waals surface area contributed by atoms with Gasteiger partial charge in [-0.05, 0) is 65.4 Å². The lowest BCUT2D eigenvalue weighted by atomic mass is 9.64. The zero-order valence-electron chi connectivity index (χ0n) is 39.5.